The standard InChI is InChI=1S/C17H25N3O3/c1-6-9-22-15-8-7-14(10-16(15)21-5)11(2)18-12(3)17-20-19-13(4)23-17/h7-8,10-12,18H,6,9H2,1-5H3/t11-,12+/m0/s1. The van der Waals surface area contributed by atoms with Gasteiger partial charge in [-0.3, -0.25) is 5.32 Å². The van der Waals surface area contributed by atoms with Crippen LogP contribution in [-0.4, -0.2) is 23.9 Å². The zero-order valence-corrected chi connectivity index (χ0v) is 14.4. The van der Waals surface area contributed by atoms with E-state index in [2.05, 4.69) is 29.4 Å². The third-order valence-corrected chi connectivity index (χ3v) is 3.56. The van der Waals surface area contributed by atoms with Crippen LogP contribution in [0.3, 0.4) is 0 Å². The molecule has 1 heterocycles. The summed E-state index contributed by atoms with van der Waals surface area (Å²) in [7, 11) is 1.65. The molecule has 6 heteroatoms. The van der Waals surface area contributed by atoms with Crippen molar-refractivity contribution in [2.75, 3.05) is 13.7 Å². The topological polar surface area (TPSA) is 69.4 Å². The molecule has 0 aliphatic rings. The molecule has 1 N–H and O–H groups in total. The molecule has 23 heavy (non-hydrogen) atoms. The van der Waals surface area contributed by atoms with Gasteiger partial charge < -0.3 is 13.9 Å². The van der Waals surface area contributed by atoms with Crippen molar-refractivity contribution in [1.29, 1.82) is 0 Å². The first-order chi connectivity index (χ1) is 11.0. The number of hydrogen-bond donors (Lipinski definition) is 1. The van der Waals surface area contributed by atoms with Crippen LogP contribution in [0, 0.1) is 6.92 Å². The number of ether oxygens (including phenoxy) is 2. The predicted molar refractivity (Wildman–Crippen MR) is 87.8 cm³/mol. The molecule has 2 rings (SSSR count). The molecule has 1 aromatic heterocycles. The van der Waals surface area contributed by atoms with Crippen LogP contribution in [0.5, 0.6) is 11.5 Å². The third kappa shape index (κ3) is 4.45. The molecule has 0 radical (unpaired) electrons. The largest absolute Gasteiger partial charge is 0.493 e. The normalized spacial score (nSPS) is 13.6. The number of nitrogens with one attached hydrogen (secondary N) is 1. The zero-order valence-electron chi connectivity index (χ0n) is 14.4. The number of hydrogen-bond acceptors (Lipinski definition) is 6. The highest BCUT2D eigenvalue weighted by molar-refractivity contribution is 5.43. The Kier molecular flexibility index (Phi) is 5.98. The predicted octanol–water partition coefficient (Wildman–Crippen LogP) is 3.59. The first kappa shape index (κ1) is 17.3. The molecule has 0 aliphatic heterocycles. The van der Waals surface area contributed by atoms with E-state index in [1.54, 1.807) is 14.0 Å². The van der Waals surface area contributed by atoms with E-state index in [0.717, 1.165) is 23.5 Å². The van der Waals surface area contributed by atoms with E-state index in [4.69, 9.17) is 13.9 Å². The van der Waals surface area contributed by atoms with Crippen LogP contribution in [0.2, 0.25) is 0 Å². The number of benzene rings is 1. The van der Waals surface area contributed by atoms with Crippen molar-refractivity contribution in [2.45, 2.75) is 46.2 Å². The van der Waals surface area contributed by atoms with Crippen molar-refractivity contribution in [3.8, 4) is 11.5 Å². The molecule has 0 amide bonds. The minimum atomic E-state index is -0.0341. The lowest BCUT2D eigenvalue weighted by Gasteiger charge is -2.19. The Morgan fingerprint density at radius 2 is 1.96 bits per heavy atom. The lowest BCUT2D eigenvalue weighted by Crippen LogP contribution is -2.22. The van der Waals surface area contributed by atoms with Crippen LogP contribution >= 0.6 is 0 Å². The highest BCUT2D eigenvalue weighted by atomic mass is 16.5. The second-order valence-corrected chi connectivity index (χ2v) is 5.53. The van der Waals surface area contributed by atoms with E-state index >= 15 is 0 Å². The zero-order chi connectivity index (χ0) is 16.8. The smallest absolute Gasteiger partial charge is 0.233 e. The minimum Gasteiger partial charge on any atom is -0.493 e. The number of nitrogens with zero attached hydrogens (tertiary/aromatic N) is 2. The number of rotatable bonds is 8. The van der Waals surface area contributed by atoms with Crippen LogP contribution < -0.4 is 14.8 Å². The van der Waals surface area contributed by atoms with Gasteiger partial charge in [-0.15, -0.1) is 10.2 Å². The summed E-state index contributed by atoms with van der Waals surface area (Å²) < 4.78 is 16.6. The Labute approximate surface area is 137 Å². The Morgan fingerprint density at radius 1 is 1.17 bits per heavy atom. The molecule has 126 valence electrons. The van der Waals surface area contributed by atoms with Crippen molar-refractivity contribution >= 4 is 0 Å². The molecule has 1 aromatic carbocycles. The van der Waals surface area contributed by atoms with Crippen molar-refractivity contribution < 1.29 is 13.9 Å². The van der Waals surface area contributed by atoms with E-state index in [9.17, 15) is 0 Å². The summed E-state index contributed by atoms with van der Waals surface area (Å²) in [5.74, 6) is 2.67. The van der Waals surface area contributed by atoms with Gasteiger partial charge >= 0.3 is 0 Å². The molecule has 0 saturated heterocycles. The molecule has 0 spiro atoms. The molecule has 2 aromatic rings. The van der Waals surface area contributed by atoms with Gasteiger partial charge in [-0.2, -0.15) is 0 Å². The van der Waals surface area contributed by atoms with Gasteiger partial charge in [-0.25, -0.2) is 0 Å². The van der Waals surface area contributed by atoms with E-state index in [0.29, 0.717) is 18.4 Å². The van der Waals surface area contributed by atoms with Crippen molar-refractivity contribution in [1.82, 2.24) is 15.5 Å². The summed E-state index contributed by atoms with van der Waals surface area (Å²) in [6.45, 7) is 8.62. The second kappa shape index (κ2) is 7.97. The monoisotopic (exact) mass is 319 g/mol. The lowest BCUT2D eigenvalue weighted by atomic mass is 10.1. The van der Waals surface area contributed by atoms with Gasteiger partial charge in [0.1, 0.15) is 0 Å². The van der Waals surface area contributed by atoms with Gasteiger partial charge in [0.05, 0.1) is 19.8 Å². The minimum absolute atomic E-state index is 0.0341. The highest BCUT2D eigenvalue weighted by Gasteiger charge is 2.17. The molecular weight excluding hydrogens is 294 g/mol. The Balaban J connectivity index is 2.07. The summed E-state index contributed by atoms with van der Waals surface area (Å²) >= 11 is 0. The summed E-state index contributed by atoms with van der Waals surface area (Å²) in [6, 6.07) is 6.05. The summed E-state index contributed by atoms with van der Waals surface area (Å²) in [4.78, 5) is 0. The first-order valence-corrected chi connectivity index (χ1v) is 7.92. The fourth-order valence-corrected chi connectivity index (χ4v) is 2.31. The summed E-state index contributed by atoms with van der Waals surface area (Å²) in [5.41, 5.74) is 1.11. The fraction of sp³-hybridized carbons (Fsp3) is 0.529. The maximum atomic E-state index is 5.69. The molecule has 0 fully saturated rings. The van der Waals surface area contributed by atoms with Gasteiger partial charge in [-0.05, 0) is 38.0 Å². The molecule has 6 nitrogen and oxygen atoms in total. The average molecular weight is 319 g/mol. The van der Waals surface area contributed by atoms with Gasteiger partial charge in [0.15, 0.2) is 11.5 Å². The second-order valence-electron chi connectivity index (χ2n) is 5.53. The van der Waals surface area contributed by atoms with Crippen LogP contribution in [0.1, 0.15) is 56.6 Å². The number of methoxy groups -OCH3 is 1. The van der Waals surface area contributed by atoms with E-state index in [1.165, 1.54) is 0 Å². The van der Waals surface area contributed by atoms with Crippen LogP contribution in [-0.2, 0) is 0 Å². The Hall–Kier alpha value is -2.08. The van der Waals surface area contributed by atoms with Crippen LogP contribution in [0.4, 0.5) is 0 Å². The first-order valence-electron chi connectivity index (χ1n) is 7.92. The van der Waals surface area contributed by atoms with Gasteiger partial charge in [0.2, 0.25) is 11.8 Å². The van der Waals surface area contributed by atoms with Gasteiger partial charge in [0.25, 0.3) is 0 Å². The Morgan fingerprint density at radius 3 is 2.57 bits per heavy atom. The van der Waals surface area contributed by atoms with Crippen molar-refractivity contribution in [3.05, 3.63) is 35.5 Å². The third-order valence-electron chi connectivity index (χ3n) is 3.56. The Bertz CT molecular complexity index is 627. The quantitative estimate of drug-likeness (QED) is 0.802. The number of aromatic nitrogens is 2. The molecule has 0 unspecified atom stereocenters. The molecule has 0 bridgehead atoms. The lowest BCUT2D eigenvalue weighted by molar-refractivity contribution is 0.293. The fourth-order valence-electron chi connectivity index (χ4n) is 2.31. The van der Waals surface area contributed by atoms with E-state index in [1.807, 2.05) is 25.1 Å². The van der Waals surface area contributed by atoms with Gasteiger partial charge in [0, 0.05) is 13.0 Å². The molecule has 2 atom stereocenters. The van der Waals surface area contributed by atoms with E-state index in [-0.39, 0.29) is 12.1 Å². The number of aryl methyl sites for hydroxylation is 1. The van der Waals surface area contributed by atoms with Gasteiger partial charge in [-0.1, -0.05) is 13.0 Å². The maximum Gasteiger partial charge on any atom is 0.233 e. The maximum absolute atomic E-state index is 5.69. The van der Waals surface area contributed by atoms with Crippen LogP contribution in [0.25, 0.3) is 0 Å². The summed E-state index contributed by atoms with van der Waals surface area (Å²) in [5, 5.41) is 11.4. The van der Waals surface area contributed by atoms with Crippen molar-refractivity contribution in [2.24, 2.45) is 0 Å². The van der Waals surface area contributed by atoms with Crippen LogP contribution in [0.15, 0.2) is 22.6 Å². The highest BCUT2D eigenvalue weighted by Crippen LogP contribution is 2.31. The van der Waals surface area contributed by atoms with Crippen molar-refractivity contribution in [3.63, 3.8) is 0 Å². The average Bonchev–Trinajstić information content (AvgIpc) is 2.99. The van der Waals surface area contributed by atoms with E-state index < -0.39 is 0 Å². The summed E-state index contributed by atoms with van der Waals surface area (Å²) in [6.07, 6.45) is 0.962. The molecule has 0 saturated carbocycles. The SMILES string of the molecule is CCCOc1ccc([C@H](C)N[C@H](C)c2nnc(C)o2)cc1OC. The molecule has 0 aliphatic carbocycles. The molecular formula is C17H25N3O3.